The molecule has 1 saturated heterocycles. The van der Waals surface area contributed by atoms with E-state index in [2.05, 4.69) is 26.5 Å². The lowest BCUT2D eigenvalue weighted by Gasteiger charge is -2.29. The van der Waals surface area contributed by atoms with E-state index in [9.17, 15) is 4.79 Å². The number of rotatable bonds is 7. The van der Waals surface area contributed by atoms with Crippen molar-refractivity contribution in [3.05, 3.63) is 71.5 Å². The number of hydrogen-bond donors (Lipinski definition) is 1. The Kier molecular flexibility index (Phi) is 6.09. The van der Waals surface area contributed by atoms with Crippen molar-refractivity contribution in [3.8, 4) is 11.4 Å². The summed E-state index contributed by atoms with van der Waals surface area (Å²) < 4.78 is 5.58. The van der Waals surface area contributed by atoms with Crippen molar-refractivity contribution in [2.45, 2.75) is 25.8 Å². The second kappa shape index (κ2) is 9.09. The molecule has 2 aromatic carbocycles. The van der Waals surface area contributed by atoms with Crippen molar-refractivity contribution in [1.29, 1.82) is 0 Å². The van der Waals surface area contributed by atoms with Crippen LogP contribution in [0.4, 0.5) is 0 Å². The Labute approximate surface area is 176 Å². The van der Waals surface area contributed by atoms with E-state index in [-0.39, 0.29) is 11.9 Å². The Morgan fingerprint density at radius 1 is 1.07 bits per heavy atom. The van der Waals surface area contributed by atoms with E-state index in [1.54, 1.807) is 14.0 Å². The zero-order valence-corrected chi connectivity index (χ0v) is 17.4. The van der Waals surface area contributed by atoms with Crippen molar-refractivity contribution in [2.75, 3.05) is 26.7 Å². The first-order valence-corrected chi connectivity index (χ1v) is 10.3. The standard InChI is InChI=1S/C23H27N5O2/c1-17-22(26-28(25-17)18-10-4-3-5-11-18)23(29)24-16-20(27-14-8-9-15-27)19-12-6-7-13-21(19)30-2/h3-7,10-13,20H,8-9,14-16H2,1-2H3,(H,24,29)/t20-/m1/s1. The normalized spacial score (nSPS) is 15.1. The lowest BCUT2D eigenvalue weighted by Crippen LogP contribution is -2.37. The van der Waals surface area contributed by atoms with Gasteiger partial charge in [-0.25, -0.2) is 0 Å². The molecule has 30 heavy (non-hydrogen) atoms. The van der Waals surface area contributed by atoms with Crippen LogP contribution in [0.1, 0.15) is 40.6 Å². The van der Waals surface area contributed by atoms with Gasteiger partial charge in [-0.05, 0) is 51.1 Å². The number of ether oxygens (including phenoxy) is 1. The third-order valence-electron chi connectivity index (χ3n) is 5.52. The number of methoxy groups -OCH3 is 1. The van der Waals surface area contributed by atoms with Crippen LogP contribution >= 0.6 is 0 Å². The first kappa shape index (κ1) is 20.1. The van der Waals surface area contributed by atoms with Gasteiger partial charge in [0.25, 0.3) is 5.91 Å². The summed E-state index contributed by atoms with van der Waals surface area (Å²) >= 11 is 0. The third kappa shape index (κ3) is 4.21. The molecule has 1 aliphatic heterocycles. The molecule has 1 fully saturated rings. The van der Waals surface area contributed by atoms with Gasteiger partial charge in [-0.15, -0.1) is 5.10 Å². The molecular formula is C23H27N5O2. The van der Waals surface area contributed by atoms with Crippen LogP contribution in [0, 0.1) is 6.92 Å². The number of carbonyl (C=O) groups excluding carboxylic acids is 1. The fourth-order valence-electron chi connectivity index (χ4n) is 3.97. The van der Waals surface area contributed by atoms with Gasteiger partial charge in [-0.3, -0.25) is 9.69 Å². The zero-order valence-electron chi connectivity index (χ0n) is 17.4. The number of para-hydroxylation sites is 2. The highest BCUT2D eigenvalue weighted by Gasteiger charge is 2.27. The third-order valence-corrected chi connectivity index (χ3v) is 5.52. The molecule has 0 aliphatic carbocycles. The quantitative estimate of drug-likeness (QED) is 0.654. The average Bonchev–Trinajstić information content (AvgIpc) is 3.45. The van der Waals surface area contributed by atoms with E-state index >= 15 is 0 Å². The lowest BCUT2D eigenvalue weighted by molar-refractivity contribution is 0.0931. The monoisotopic (exact) mass is 405 g/mol. The largest absolute Gasteiger partial charge is 0.496 e. The molecule has 0 unspecified atom stereocenters. The molecule has 156 valence electrons. The van der Waals surface area contributed by atoms with Gasteiger partial charge in [0.05, 0.1) is 24.5 Å². The fraction of sp³-hybridized carbons (Fsp3) is 0.348. The molecule has 7 heteroatoms. The van der Waals surface area contributed by atoms with Gasteiger partial charge in [0.15, 0.2) is 5.69 Å². The first-order valence-electron chi connectivity index (χ1n) is 10.3. The Morgan fingerprint density at radius 2 is 1.77 bits per heavy atom. The highest BCUT2D eigenvalue weighted by atomic mass is 16.5. The molecule has 1 aromatic heterocycles. The second-order valence-electron chi connectivity index (χ2n) is 7.47. The predicted molar refractivity (Wildman–Crippen MR) is 115 cm³/mol. The number of aryl methyl sites for hydroxylation is 1. The average molecular weight is 406 g/mol. The number of benzene rings is 2. The van der Waals surface area contributed by atoms with Crippen LogP contribution < -0.4 is 10.1 Å². The van der Waals surface area contributed by atoms with Crippen LogP contribution in [0.15, 0.2) is 54.6 Å². The minimum Gasteiger partial charge on any atom is -0.496 e. The second-order valence-corrected chi connectivity index (χ2v) is 7.47. The predicted octanol–water partition coefficient (Wildman–Crippen LogP) is 3.15. The number of likely N-dealkylation sites (tertiary alicyclic amines) is 1. The van der Waals surface area contributed by atoms with Gasteiger partial charge in [-0.2, -0.15) is 9.90 Å². The van der Waals surface area contributed by atoms with E-state index < -0.39 is 0 Å². The van der Waals surface area contributed by atoms with Crippen LogP contribution in [-0.2, 0) is 0 Å². The van der Waals surface area contributed by atoms with E-state index in [0.717, 1.165) is 30.1 Å². The van der Waals surface area contributed by atoms with Crippen LogP contribution in [0.2, 0.25) is 0 Å². The van der Waals surface area contributed by atoms with E-state index in [4.69, 9.17) is 4.74 Å². The number of hydrogen-bond acceptors (Lipinski definition) is 5. The van der Waals surface area contributed by atoms with Crippen LogP contribution in [0.5, 0.6) is 5.75 Å². The van der Waals surface area contributed by atoms with Crippen LogP contribution in [0.25, 0.3) is 5.69 Å². The van der Waals surface area contributed by atoms with Crippen LogP contribution in [-0.4, -0.2) is 52.5 Å². The summed E-state index contributed by atoms with van der Waals surface area (Å²) in [5, 5.41) is 11.9. The summed E-state index contributed by atoms with van der Waals surface area (Å²) in [6.45, 7) is 4.32. The molecule has 1 N–H and O–H groups in total. The number of aromatic nitrogens is 3. The molecule has 1 amide bonds. The molecule has 7 nitrogen and oxygen atoms in total. The molecule has 4 rings (SSSR count). The van der Waals surface area contributed by atoms with Gasteiger partial charge in [0, 0.05) is 12.1 Å². The highest BCUT2D eigenvalue weighted by Crippen LogP contribution is 2.31. The molecule has 0 spiro atoms. The van der Waals surface area contributed by atoms with Crippen molar-refractivity contribution >= 4 is 5.91 Å². The van der Waals surface area contributed by atoms with Crippen LogP contribution in [0.3, 0.4) is 0 Å². The first-order chi connectivity index (χ1) is 14.7. The van der Waals surface area contributed by atoms with E-state index in [0.29, 0.717) is 17.9 Å². The molecule has 1 atom stereocenters. The van der Waals surface area contributed by atoms with Gasteiger partial charge < -0.3 is 10.1 Å². The van der Waals surface area contributed by atoms with Gasteiger partial charge in [0.2, 0.25) is 0 Å². The Balaban J connectivity index is 1.52. The number of nitrogens with one attached hydrogen (secondary N) is 1. The van der Waals surface area contributed by atoms with E-state index in [1.807, 2.05) is 48.5 Å². The van der Waals surface area contributed by atoms with Crippen molar-refractivity contribution in [3.63, 3.8) is 0 Å². The lowest BCUT2D eigenvalue weighted by atomic mass is 10.0. The molecule has 0 saturated carbocycles. The summed E-state index contributed by atoms with van der Waals surface area (Å²) in [6.07, 6.45) is 2.34. The summed E-state index contributed by atoms with van der Waals surface area (Å²) in [4.78, 5) is 16.8. The molecule has 3 aromatic rings. The van der Waals surface area contributed by atoms with E-state index in [1.165, 1.54) is 17.6 Å². The Hall–Kier alpha value is -3.19. The zero-order chi connectivity index (χ0) is 20.9. The maximum absolute atomic E-state index is 12.9. The van der Waals surface area contributed by atoms with Gasteiger partial charge >= 0.3 is 0 Å². The summed E-state index contributed by atoms with van der Waals surface area (Å²) in [5.74, 6) is 0.628. The highest BCUT2D eigenvalue weighted by molar-refractivity contribution is 5.93. The molecule has 1 aliphatic rings. The minimum atomic E-state index is -0.214. The van der Waals surface area contributed by atoms with Crippen molar-refractivity contribution in [2.24, 2.45) is 0 Å². The van der Waals surface area contributed by atoms with Crippen molar-refractivity contribution < 1.29 is 9.53 Å². The smallest absolute Gasteiger partial charge is 0.273 e. The maximum atomic E-state index is 12.9. The van der Waals surface area contributed by atoms with Gasteiger partial charge in [-0.1, -0.05) is 36.4 Å². The summed E-state index contributed by atoms with van der Waals surface area (Å²) in [7, 11) is 1.68. The molecule has 2 heterocycles. The summed E-state index contributed by atoms with van der Waals surface area (Å²) in [6, 6.07) is 17.7. The van der Waals surface area contributed by atoms with Crippen molar-refractivity contribution in [1.82, 2.24) is 25.2 Å². The topological polar surface area (TPSA) is 72.3 Å². The molecule has 0 radical (unpaired) electrons. The fourth-order valence-corrected chi connectivity index (χ4v) is 3.97. The Bertz CT molecular complexity index is 996. The minimum absolute atomic E-state index is 0.0528. The molecule has 0 bridgehead atoms. The SMILES string of the molecule is COc1ccccc1[C@@H](CNC(=O)c1nn(-c2ccccc2)nc1C)N1CCCC1. The van der Waals surface area contributed by atoms with Gasteiger partial charge in [0.1, 0.15) is 5.75 Å². The Morgan fingerprint density at radius 3 is 2.50 bits per heavy atom. The number of carbonyl (C=O) groups is 1. The molecular weight excluding hydrogens is 378 g/mol. The summed E-state index contributed by atoms with van der Waals surface area (Å²) in [5.41, 5.74) is 2.86. The number of nitrogens with zero attached hydrogens (tertiary/aromatic N) is 4. The maximum Gasteiger partial charge on any atom is 0.273 e. The number of amides is 1.